The van der Waals surface area contributed by atoms with Gasteiger partial charge in [-0.3, -0.25) is 4.79 Å². The molecule has 2 fully saturated rings. The van der Waals surface area contributed by atoms with Crippen molar-refractivity contribution in [2.75, 3.05) is 18.0 Å². The van der Waals surface area contributed by atoms with Gasteiger partial charge in [0.15, 0.2) is 11.5 Å². The first-order valence-electron chi connectivity index (χ1n) is 10.2. The van der Waals surface area contributed by atoms with E-state index < -0.39 is 0 Å². The fourth-order valence-corrected chi connectivity index (χ4v) is 3.88. The van der Waals surface area contributed by atoms with Crippen LogP contribution in [0.1, 0.15) is 43.0 Å². The number of aromatic nitrogens is 4. The van der Waals surface area contributed by atoms with Crippen LogP contribution in [-0.2, 0) is 11.2 Å². The Hall–Kier alpha value is -3.03. The zero-order valence-electron chi connectivity index (χ0n) is 16.1. The zero-order chi connectivity index (χ0) is 19.8. The van der Waals surface area contributed by atoms with Crippen molar-refractivity contribution < 1.29 is 9.18 Å². The highest BCUT2D eigenvalue weighted by molar-refractivity contribution is 5.78. The molecule has 8 heteroatoms. The number of nitrogens with one attached hydrogen (secondary N) is 1. The van der Waals surface area contributed by atoms with Crippen LogP contribution < -0.4 is 10.2 Å². The predicted molar refractivity (Wildman–Crippen MR) is 106 cm³/mol. The molecular weight excluding hydrogens is 371 g/mol. The molecule has 0 unspecified atom stereocenters. The predicted octanol–water partition coefficient (Wildman–Crippen LogP) is 2.47. The average Bonchev–Trinajstić information content (AvgIpc) is 3.49. The number of hydrogen-bond acceptors (Lipinski definition) is 5. The largest absolute Gasteiger partial charge is 0.355 e. The van der Waals surface area contributed by atoms with Gasteiger partial charge in [0, 0.05) is 25.0 Å². The van der Waals surface area contributed by atoms with E-state index in [-0.39, 0.29) is 24.2 Å². The van der Waals surface area contributed by atoms with Crippen LogP contribution >= 0.6 is 0 Å². The van der Waals surface area contributed by atoms with E-state index in [0.29, 0.717) is 5.92 Å². The van der Waals surface area contributed by atoms with E-state index in [1.807, 2.05) is 16.6 Å². The van der Waals surface area contributed by atoms with Crippen LogP contribution in [0.4, 0.5) is 10.2 Å². The van der Waals surface area contributed by atoms with Gasteiger partial charge in [0.25, 0.3) is 0 Å². The maximum Gasteiger partial charge on any atom is 0.224 e. The molecule has 2 aromatic heterocycles. The molecule has 1 N–H and O–H groups in total. The van der Waals surface area contributed by atoms with E-state index >= 15 is 0 Å². The number of anilines is 1. The van der Waals surface area contributed by atoms with Crippen molar-refractivity contribution in [1.82, 2.24) is 25.1 Å². The maximum absolute atomic E-state index is 13.0. The van der Waals surface area contributed by atoms with Crippen molar-refractivity contribution in [1.29, 1.82) is 0 Å². The van der Waals surface area contributed by atoms with Gasteiger partial charge in [-0.15, -0.1) is 15.3 Å². The number of fused-ring (bicyclic) bond motifs is 1. The summed E-state index contributed by atoms with van der Waals surface area (Å²) in [6, 6.07) is 10.2. The minimum Gasteiger partial charge on any atom is -0.355 e. The Morgan fingerprint density at radius 2 is 1.79 bits per heavy atom. The van der Waals surface area contributed by atoms with Crippen molar-refractivity contribution >= 4 is 17.4 Å². The molecular formula is C21H23FN6O. The van der Waals surface area contributed by atoms with Gasteiger partial charge in [-0.1, -0.05) is 12.1 Å². The second-order valence-corrected chi connectivity index (χ2v) is 7.93. The molecule has 2 aliphatic rings. The Kier molecular flexibility index (Phi) is 4.61. The molecule has 5 rings (SSSR count). The van der Waals surface area contributed by atoms with Crippen LogP contribution in [0.5, 0.6) is 0 Å². The van der Waals surface area contributed by atoms with Gasteiger partial charge < -0.3 is 10.2 Å². The Morgan fingerprint density at radius 1 is 1.03 bits per heavy atom. The van der Waals surface area contributed by atoms with Gasteiger partial charge in [0.2, 0.25) is 5.91 Å². The van der Waals surface area contributed by atoms with Crippen LogP contribution in [0, 0.1) is 5.82 Å². The molecule has 150 valence electrons. The number of nitrogens with zero attached hydrogens (tertiary/aromatic N) is 5. The molecule has 3 heterocycles. The number of carbonyl (C=O) groups excluding carboxylic acids is 1. The summed E-state index contributed by atoms with van der Waals surface area (Å²) in [7, 11) is 0. The second kappa shape index (κ2) is 7.42. The highest BCUT2D eigenvalue weighted by atomic mass is 19.1. The monoisotopic (exact) mass is 394 g/mol. The van der Waals surface area contributed by atoms with Gasteiger partial charge in [0.1, 0.15) is 11.6 Å². The number of piperidine rings is 1. The van der Waals surface area contributed by atoms with E-state index in [9.17, 15) is 9.18 Å². The minimum atomic E-state index is -0.288. The molecule has 1 amide bonds. The summed E-state index contributed by atoms with van der Waals surface area (Å²) in [6.45, 7) is 1.67. The normalized spacial score (nSPS) is 17.6. The average molecular weight is 394 g/mol. The summed E-state index contributed by atoms with van der Waals surface area (Å²) in [5.41, 5.74) is 1.61. The second-order valence-electron chi connectivity index (χ2n) is 7.93. The summed E-state index contributed by atoms with van der Waals surface area (Å²) < 4.78 is 14.9. The van der Waals surface area contributed by atoms with E-state index in [2.05, 4.69) is 20.4 Å². The van der Waals surface area contributed by atoms with Gasteiger partial charge in [-0.05, 0) is 55.5 Å². The topological polar surface area (TPSA) is 75.4 Å². The SMILES string of the molecule is O=C(Cc1ccc(F)cc1)NC1CCN(c2ccc3nnc(C4CC4)n3n2)CC1. The molecule has 7 nitrogen and oxygen atoms in total. The van der Waals surface area contributed by atoms with Crippen molar-refractivity contribution in [2.45, 2.75) is 44.1 Å². The molecule has 1 aliphatic heterocycles. The number of amides is 1. The van der Waals surface area contributed by atoms with Crippen LogP contribution in [0.3, 0.4) is 0 Å². The molecule has 0 bridgehead atoms. The van der Waals surface area contributed by atoms with Crippen LogP contribution in [0.15, 0.2) is 36.4 Å². The fraction of sp³-hybridized carbons (Fsp3) is 0.429. The molecule has 1 aromatic carbocycles. The number of carbonyl (C=O) groups is 1. The fourth-order valence-electron chi connectivity index (χ4n) is 3.88. The molecule has 29 heavy (non-hydrogen) atoms. The number of halogens is 1. The Bertz CT molecular complexity index is 1020. The van der Waals surface area contributed by atoms with E-state index in [0.717, 1.165) is 61.6 Å². The molecule has 3 aromatic rings. The Labute approximate surface area is 167 Å². The molecule has 1 saturated carbocycles. The lowest BCUT2D eigenvalue weighted by Crippen LogP contribution is -2.45. The van der Waals surface area contributed by atoms with Crippen molar-refractivity contribution in [3.63, 3.8) is 0 Å². The summed E-state index contributed by atoms with van der Waals surface area (Å²) >= 11 is 0. The molecule has 0 spiro atoms. The van der Waals surface area contributed by atoms with Crippen LogP contribution in [0.2, 0.25) is 0 Å². The number of benzene rings is 1. The summed E-state index contributed by atoms with van der Waals surface area (Å²) in [6.07, 6.45) is 4.33. The van der Waals surface area contributed by atoms with Gasteiger partial charge in [-0.25, -0.2) is 4.39 Å². The van der Waals surface area contributed by atoms with E-state index in [1.165, 1.54) is 12.1 Å². The Morgan fingerprint density at radius 3 is 2.52 bits per heavy atom. The standard InChI is InChI=1S/C21H23FN6O/c22-16-5-1-14(2-6-16)13-20(29)23-17-9-11-27(12-10-17)19-8-7-18-24-25-21(15-3-4-15)28(18)26-19/h1-2,5-8,15,17H,3-4,9-13H2,(H,23,29). The first-order chi connectivity index (χ1) is 14.2. The summed E-state index contributed by atoms with van der Waals surface area (Å²) in [4.78, 5) is 14.5. The van der Waals surface area contributed by atoms with Crippen LogP contribution in [-0.4, -0.2) is 44.8 Å². The van der Waals surface area contributed by atoms with E-state index in [4.69, 9.17) is 5.10 Å². The van der Waals surface area contributed by atoms with Crippen LogP contribution in [0.25, 0.3) is 5.65 Å². The quantitative estimate of drug-likeness (QED) is 0.720. The van der Waals surface area contributed by atoms with Crippen molar-refractivity contribution in [3.05, 3.63) is 53.6 Å². The minimum absolute atomic E-state index is 0.0202. The first-order valence-corrected chi connectivity index (χ1v) is 10.2. The van der Waals surface area contributed by atoms with Gasteiger partial charge in [0.05, 0.1) is 6.42 Å². The van der Waals surface area contributed by atoms with Gasteiger partial charge in [-0.2, -0.15) is 4.52 Å². The van der Waals surface area contributed by atoms with Crippen molar-refractivity contribution in [2.24, 2.45) is 0 Å². The maximum atomic E-state index is 13.0. The van der Waals surface area contributed by atoms with Crippen molar-refractivity contribution in [3.8, 4) is 0 Å². The molecule has 1 aliphatic carbocycles. The third-order valence-electron chi connectivity index (χ3n) is 5.68. The summed E-state index contributed by atoms with van der Waals surface area (Å²) in [5.74, 6) is 2.08. The number of hydrogen-bond donors (Lipinski definition) is 1. The smallest absolute Gasteiger partial charge is 0.224 e. The third-order valence-corrected chi connectivity index (χ3v) is 5.68. The zero-order valence-corrected chi connectivity index (χ0v) is 16.1. The third kappa shape index (κ3) is 3.92. The summed E-state index contributed by atoms with van der Waals surface area (Å²) in [5, 5.41) is 16.4. The molecule has 0 radical (unpaired) electrons. The highest BCUT2D eigenvalue weighted by Crippen LogP contribution is 2.38. The lowest BCUT2D eigenvalue weighted by molar-refractivity contribution is -0.121. The Balaban J connectivity index is 1.18. The number of rotatable bonds is 5. The van der Waals surface area contributed by atoms with Gasteiger partial charge >= 0.3 is 0 Å². The lowest BCUT2D eigenvalue weighted by atomic mass is 10.0. The highest BCUT2D eigenvalue weighted by Gasteiger charge is 2.30. The van der Waals surface area contributed by atoms with E-state index in [1.54, 1.807) is 12.1 Å². The first kappa shape index (κ1) is 18.0. The lowest BCUT2D eigenvalue weighted by Gasteiger charge is -2.33. The molecule has 0 atom stereocenters. The molecule has 1 saturated heterocycles.